The molecule has 5 nitrogen and oxygen atoms in total. The molecule has 0 aliphatic carbocycles. The third-order valence-electron chi connectivity index (χ3n) is 4.99. The molecule has 0 spiro atoms. The van der Waals surface area contributed by atoms with Crippen molar-refractivity contribution in [1.82, 2.24) is 10.2 Å². The van der Waals surface area contributed by atoms with Crippen LogP contribution in [0.25, 0.3) is 0 Å². The minimum Gasteiger partial charge on any atom is -0.486 e. The van der Waals surface area contributed by atoms with E-state index in [1.165, 1.54) is 5.56 Å². The highest BCUT2D eigenvalue weighted by molar-refractivity contribution is 5.78. The van der Waals surface area contributed by atoms with Gasteiger partial charge < -0.3 is 14.8 Å². The number of fused-ring (bicyclic) bond motifs is 1. The van der Waals surface area contributed by atoms with Crippen molar-refractivity contribution in [2.75, 3.05) is 26.2 Å². The highest BCUT2D eigenvalue weighted by Gasteiger charge is 2.28. The first kappa shape index (κ1) is 16.9. The van der Waals surface area contributed by atoms with Crippen molar-refractivity contribution in [2.24, 2.45) is 0 Å². The zero-order valence-electron chi connectivity index (χ0n) is 14.8. The number of hydrogen-bond acceptors (Lipinski definition) is 4. The summed E-state index contributed by atoms with van der Waals surface area (Å²) in [5.41, 5.74) is 1.29. The lowest BCUT2D eigenvalue weighted by atomic mass is 10.0. The van der Waals surface area contributed by atoms with Crippen LogP contribution < -0.4 is 14.8 Å². The molecule has 0 saturated carbocycles. The molecule has 1 amide bonds. The number of carbonyl (C=O) groups excluding carboxylic acids is 1. The Kier molecular flexibility index (Phi) is 5.07. The van der Waals surface area contributed by atoms with Gasteiger partial charge >= 0.3 is 0 Å². The van der Waals surface area contributed by atoms with Gasteiger partial charge in [-0.15, -0.1) is 0 Å². The Morgan fingerprint density at radius 2 is 1.85 bits per heavy atom. The van der Waals surface area contributed by atoms with E-state index >= 15 is 0 Å². The smallest absolute Gasteiger partial charge is 0.234 e. The highest BCUT2D eigenvalue weighted by Crippen LogP contribution is 2.32. The Hall–Kier alpha value is -2.53. The Labute approximate surface area is 153 Å². The molecule has 26 heavy (non-hydrogen) atoms. The van der Waals surface area contributed by atoms with E-state index in [0.717, 1.165) is 30.9 Å². The Balaban J connectivity index is 1.28. The average Bonchev–Trinajstić information content (AvgIpc) is 3.15. The maximum absolute atomic E-state index is 12.4. The molecule has 2 aliphatic heterocycles. The maximum Gasteiger partial charge on any atom is 0.234 e. The first-order valence-corrected chi connectivity index (χ1v) is 9.24. The van der Waals surface area contributed by atoms with Crippen molar-refractivity contribution < 1.29 is 14.3 Å². The summed E-state index contributed by atoms with van der Waals surface area (Å²) in [5, 5.41) is 3.00. The average molecular weight is 352 g/mol. The third-order valence-corrected chi connectivity index (χ3v) is 4.99. The van der Waals surface area contributed by atoms with Gasteiger partial charge in [-0.1, -0.05) is 42.5 Å². The molecule has 1 N–H and O–H groups in total. The Morgan fingerprint density at radius 3 is 2.69 bits per heavy atom. The molecule has 136 valence electrons. The molecule has 2 heterocycles. The van der Waals surface area contributed by atoms with Crippen molar-refractivity contribution in [2.45, 2.75) is 25.0 Å². The number of nitrogens with one attached hydrogen (secondary N) is 1. The summed E-state index contributed by atoms with van der Waals surface area (Å²) in [6.45, 7) is 2.29. The second kappa shape index (κ2) is 7.79. The number of likely N-dealkylation sites (tertiary alicyclic amines) is 1. The molecule has 2 atom stereocenters. The first-order chi connectivity index (χ1) is 12.8. The van der Waals surface area contributed by atoms with Gasteiger partial charge in [-0.25, -0.2) is 0 Å². The minimum atomic E-state index is -0.155. The molecule has 2 aromatic carbocycles. The predicted octanol–water partition coefficient (Wildman–Crippen LogP) is 2.78. The van der Waals surface area contributed by atoms with Crippen molar-refractivity contribution in [3.8, 4) is 11.5 Å². The van der Waals surface area contributed by atoms with E-state index in [9.17, 15) is 4.79 Å². The van der Waals surface area contributed by atoms with Crippen LogP contribution in [0.2, 0.25) is 0 Å². The number of benzene rings is 2. The van der Waals surface area contributed by atoms with Crippen LogP contribution in [-0.2, 0) is 4.79 Å². The van der Waals surface area contributed by atoms with Gasteiger partial charge in [0.05, 0.1) is 13.1 Å². The zero-order chi connectivity index (χ0) is 17.8. The van der Waals surface area contributed by atoms with Gasteiger partial charge in [0.25, 0.3) is 0 Å². The van der Waals surface area contributed by atoms with Crippen LogP contribution in [0.1, 0.15) is 24.4 Å². The number of rotatable bonds is 5. The number of para-hydroxylation sites is 2. The fraction of sp³-hybridized carbons (Fsp3) is 0.381. The van der Waals surface area contributed by atoms with Gasteiger partial charge in [-0.2, -0.15) is 0 Å². The predicted molar refractivity (Wildman–Crippen MR) is 99.4 cm³/mol. The van der Waals surface area contributed by atoms with E-state index in [1.54, 1.807) is 0 Å². The molecule has 2 aromatic rings. The number of hydrogen-bond donors (Lipinski definition) is 1. The molecular weight excluding hydrogens is 328 g/mol. The van der Waals surface area contributed by atoms with E-state index in [0.29, 0.717) is 25.7 Å². The lowest BCUT2D eigenvalue weighted by molar-refractivity contribution is -0.123. The minimum absolute atomic E-state index is 0.0373. The largest absolute Gasteiger partial charge is 0.486 e. The van der Waals surface area contributed by atoms with Crippen molar-refractivity contribution in [3.05, 3.63) is 60.2 Å². The number of ether oxygens (including phenoxy) is 2. The van der Waals surface area contributed by atoms with Gasteiger partial charge in [-0.3, -0.25) is 9.69 Å². The molecule has 0 aromatic heterocycles. The first-order valence-electron chi connectivity index (χ1n) is 9.24. The van der Waals surface area contributed by atoms with Crippen LogP contribution >= 0.6 is 0 Å². The SMILES string of the molecule is O=C(CN1CCC[C@@H]1c1ccccc1)NC[C@H]1COc2ccccc2O1. The molecule has 0 unspecified atom stereocenters. The summed E-state index contributed by atoms with van der Waals surface area (Å²) >= 11 is 0. The molecule has 5 heteroatoms. The normalized spacial score (nSPS) is 22.2. The number of nitrogens with zero attached hydrogens (tertiary/aromatic N) is 1. The van der Waals surface area contributed by atoms with Crippen molar-refractivity contribution in [1.29, 1.82) is 0 Å². The van der Waals surface area contributed by atoms with E-state index < -0.39 is 0 Å². The van der Waals surface area contributed by atoms with E-state index in [1.807, 2.05) is 30.3 Å². The van der Waals surface area contributed by atoms with Crippen molar-refractivity contribution >= 4 is 5.91 Å². The summed E-state index contributed by atoms with van der Waals surface area (Å²) in [7, 11) is 0. The third kappa shape index (κ3) is 3.83. The van der Waals surface area contributed by atoms with Gasteiger partial charge in [-0.05, 0) is 37.1 Å². The van der Waals surface area contributed by atoms with E-state index in [-0.39, 0.29) is 12.0 Å². The Morgan fingerprint density at radius 1 is 1.08 bits per heavy atom. The summed E-state index contributed by atoms with van der Waals surface area (Å²) in [6.07, 6.45) is 2.08. The number of carbonyl (C=O) groups is 1. The second-order valence-corrected chi connectivity index (χ2v) is 6.84. The monoisotopic (exact) mass is 352 g/mol. The summed E-state index contributed by atoms with van der Waals surface area (Å²) in [4.78, 5) is 14.7. The van der Waals surface area contributed by atoms with Crippen LogP contribution in [-0.4, -0.2) is 43.2 Å². The van der Waals surface area contributed by atoms with Crippen LogP contribution in [0.5, 0.6) is 11.5 Å². The molecule has 1 saturated heterocycles. The Bertz CT molecular complexity index is 750. The van der Waals surface area contributed by atoms with Crippen LogP contribution in [0.3, 0.4) is 0 Å². The van der Waals surface area contributed by atoms with Crippen LogP contribution in [0.15, 0.2) is 54.6 Å². The van der Waals surface area contributed by atoms with Crippen molar-refractivity contribution in [3.63, 3.8) is 0 Å². The van der Waals surface area contributed by atoms with Gasteiger partial charge in [0.15, 0.2) is 11.5 Å². The highest BCUT2D eigenvalue weighted by atomic mass is 16.6. The lowest BCUT2D eigenvalue weighted by Gasteiger charge is -2.27. The van der Waals surface area contributed by atoms with Crippen LogP contribution in [0.4, 0.5) is 0 Å². The number of amides is 1. The van der Waals surface area contributed by atoms with E-state index in [2.05, 4.69) is 34.5 Å². The lowest BCUT2D eigenvalue weighted by Crippen LogP contribution is -2.44. The molecule has 0 radical (unpaired) electrons. The van der Waals surface area contributed by atoms with Gasteiger partial charge in [0.1, 0.15) is 12.7 Å². The molecule has 2 aliphatic rings. The molecule has 1 fully saturated rings. The molecule has 0 bridgehead atoms. The topological polar surface area (TPSA) is 50.8 Å². The van der Waals surface area contributed by atoms with Crippen LogP contribution in [0, 0.1) is 0 Å². The molecule has 4 rings (SSSR count). The van der Waals surface area contributed by atoms with Gasteiger partial charge in [0, 0.05) is 6.04 Å². The molecular formula is C21H24N2O3. The summed E-state index contributed by atoms with van der Waals surface area (Å²) < 4.78 is 11.6. The fourth-order valence-electron chi connectivity index (χ4n) is 3.70. The summed E-state index contributed by atoms with van der Waals surface area (Å²) in [6, 6.07) is 18.4. The summed E-state index contributed by atoms with van der Waals surface area (Å²) in [5.74, 6) is 1.54. The fourth-order valence-corrected chi connectivity index (χ4v) is 3.70. The zero-order valence-corrected chi connectivity index (χ0v) is 14.8. The second-order valence-electron chi connectivity index (χ2n) is 6.84. The quantitative estimate of drug-likeness (QED) is 0.899. The standard InChI is InChI=1S/C21H24N2O3/c24-21(14-23-12-6-9-18(23)16-7-2-1-3-8-16)22-13-17-15-25-19-10-4-5-11-20(19)26-17/h1-5,7-8,10-11,17-18H,6,9,12-15H2,(H,22,24)/t17-,18+/m0/s1. The van der Waals surface area contributed by atoms with E-state index in [4.69, 9.17) is 9.47 Å². The van der Waals surface area contributed by atoms with Gasteiger partial charge in [0.2, 0.25) is 5.91 Å². The maximum atomic E-state index is 12.4.